The fourth-order valence-corrected chi connectivity index (χ4v) is 3.81. The average Bonchev–Trinajstić information content (AvgIpc) is 3.01. The molecule has 156 valence electrons. The molecule has 6 heteroatoms. The summed E-state index contributed by atoms with van der Waals surface area (Å²) in [6.07, 6.45) is 3.23. The standard InChI is InChI=1S/C25H22N2O4/c1-15-6-7-19(12-16(15)2)23(29)21-22(18-4-3-5-20(28)13-18)27(25(31)24(21)30)14-17-8-10-26-11-9-17/h3-13,22,28-29H,14H2,1-2H3/b23-21-. The van der Waals surface area contributed by atoms with E-state index in [9.17, 15) is 19.8 Å². The number of phenols is 1. The average molecular weight is 414 g/mol. The van der Waals surface area contributed by atoms with E-state index in [4.69, 9.17) is 0 Å². The molecule has 0 bridgehead atoms. The van der Waals surface area contributed by atoms with Gasteiger partial charge in [0.2, 0.25) is 0 Å². The Bertz CT molecular complexity index is 1200. The maximum atomic E-state index is 13.1. The topological polar surface area (TPSA) is 90.7 Å². The zero-order chi connectivity index (χ0) is 22.1. The lowest BCUT2D eigenvalue weighted by Crippen LogP contribution is -2.29. The second kappa shape index (κ2) is 8.07. The third-order valence-electron chi connectivity index (χ3n) is 5.61. The van der Waals surface area contributed by atoms with Gasteiger partial charge in [0.1, 0.15) is 11.5 Å². The molecule has 31 heavy (non-hydrogen) atoms. The molecule has 0 aliphatic carbocycles. The number of rotatable bonds is 4. The van der Waals surface area contributed by atoms with Gasteiger partial charge < -0.3 is 15.1 Å². The number of carbonyl (C=O) groups excluding carboxylic acids is 2. The van der Waals surface area contributed by atoms with Crippen molar-refractivity contribution in [2.45, 2.75) is 26.4 Å². The van der Waals surface area contributed by atoms with Crippen molar-refractivity contribution in [1.82, 2.24) is 9.88 Å². The van der Waals surface area contributed by atoms with Gasteiger partial charge in [-0.1, -0.05) is 24.3 Å². The highest BCUT2D eigenvalue weighted by molar-refractivity contribution is 6.46. The highest BCUT2D eigenvalue weighted by Crippen LogP contribution is 2.41. The van der Waals surface area contributed by atoms with Crippen LogP contribution in [-0.4, -0.2) is 31.8 Å². The molecule has 1 aromatic heterocycles. The fraction of sp³-hybridized carbons (Fsp3) is 0.160. The second-order valence-electron chi connectivity index (χ2n) is 7.68. The molecule has 1 amide bonds. The monoisotopic (exact) mass is 414 g/mol. The summed E-state index contributed by atoms with van der Waals surface area (Å²) >= 11 is 0. The van der Waals surface area contributed by atoms with E-state index >= 15 is 0 Å². The number of hydrogen-bond donors (Lipinski definition) is 2. The van der Waals surface area contributed by atoms with E-state index in [2.05, 4.69) is 4.98 Å². The number of hydrogen-bond acceptors (Lipinski definition) is 5. The van der Waals surface area contributed by atoms with Gasteiger partial charge in [0.05, 0.1) is 11.6 Å². The summed E-state index contributed by atoms with van der Waals surface area (Å²) in [6.45, 7) is 4.04. The lowest BCUT2D eigenvalue weighted by molar-refractivity contribution is -0.140. The van der Waals surface area contributed by atoms with Crippen molar-refractivity contribution < 1.29 is 19.8 Å². The molecule has 2 heterocycles. The highest BCUT2D eigenvalue weighted by Gasteiger charge is 2.46. The summed E-state index contributed by atoms with van der Waals surface area (Å²) in [5, 5.41) is 21.1. The number of pyridine rings is 1. The minimum absolute atomic E-state index is 0.00732. The third-order valence-corrected chi connectivity index (χ3v) is 5.61. The SMILES string of the molecule is Cc1ccc(/C(O)=C2/C(=O)C(=O)N(Cc3ccncc3)C2c2cccc(O)c2)cc1C. The highest BCUT2D eigenvalue weighted by atomic mass is 16.3. The Balaban J connectivity index is 1.88. The van der Waals surface area contributed by atoms with Crippen LogP contribution in [0.2, 0.25) is 0 Å². The molecule has 6 nitrogen and oxygen atoms in total. The maximum absolute atomic E-state index is 13.1. The quantitative estimate of drug-likeness (QED) is 0.382. The number of amides is 1. The van der Waals surface area contributed by atoms with Gasteiger partial charge in [-0.05, 0) is 66.4 Å². The largest absolute Gasteiger partial charge is 0.508 e. The van der Waals surface area contributed by atoms with E-state index in [0.29, 0.717) is 11.1 Å². The molecule has 1 atom stereocenters. The number of nitrogens with zero attached hydrogens (tertiary/aromatic N) is 2. The van der Waals surface area contributed by atoms with Crippen molar-refractivity contribution in [1.29, 1.82) is 0 Å². The number of benzene rings is 2. The first-order chi connectivity index (χ1) is 14.9. The zero-order valence-corrected chi connectivity index (χ0v) is 17.2. The number of aromatic nitrogens is 1. The van der Waals surface area contributed by atoms with Crippen LogP contribution < -0.4 is 0 Å². The van der Waals surface area contributed by atoms with Crippen molar-refractivity contribution in [3.05, 3.63) is 100 Å². The van der Waals surface area contributed by atoms with E-state index in [0.717, 1.165) is 16.7 Å². The predicted octanol–water partition coefficient (Wildman–Crippen LogP) is 4.03. The Morgan fingerprint density at radius 2 is 1.74 bits per heavy atom. The Morgan fingerprint density at radius 3 is 2.42 bits per heavy atom. The summed E-state index contributed by atoms with van der Waals surface area (Å²) in [6, 6.07) is 14.5. The van der Waals surface area contributed by atoms with Crippen LogP contribution in [0.5, 0.6) is 5.75 Å². The Kier molecular flexibility index (Phi) is 5.29. The van der Waals surface area contributed by atoms with E-state index < -0.39 is 17.7 Å². The van der Waals surface area contributed by atoms with Crippen molar-refractivity contribution in [2.75, 3.05) is 0 Å². The van der Waals surface area contributed by atoms with Crippen LogP contribution in [0.25, 0.3) is 5.76 Å². The first-order valence-electron chi connectivity index (χ1n) is 9.90. The molecule has 1 unspecified atom stereocenters. The van der Waals surface area contributed by atoms with E-state index in [1.807, 2.05) is 19.9 Å². The molecule has 0 radical (unpaired) electrons. The molecule has 0 saturated carbocycles. The van der Waals surface area contributed by atoms with Crippen molar-refractivity contribution >= 4 is 17.4 Å². The molecule has 1 saturated heterocycles. The first kappa shape index (κ1) is 20.3. The molecular weight excluding hydrogens is 392 g/mol. The third kappa shape index (κ3) is 3.80. The Hall–Kier alpha value is -3.93. The normalized spacial score (nSPS) is 17.9. The van der Waals surface area contributed by atoms with E-state index in [1.165, 1.54) is 17.0 Å². The van der Waals surface area contributed by atoms with Crippen LogP contribution in [-0.2, 0) is 16.1 Å². The molecule has 3 aromatic rings. The minimum Gasteiger partial charge on any atom is -0.508 e. The number of aliphatic hydroxyl groups is 1. The number of carbonyl (C=O) groups is 2. The van der Waals surface area contributed by atoms with Crippen LogP contribution in [0.1, 0.15) is 33.9 Å². The van der Waals surface area contributed by atoms with E-state index in [-0.39, 0.29) is 23.6 Å². The number of ketones is 1. The van der Waals surface area contributed by atoms with Gasteiger partial charge in [-0.2, -0.15) is 0 Å². The van der Waals surface area contributed by atoms with Gasteiger partial charge in [0.25, 0.3) is 11.7 Å². The molecule has 0 spiro atoms. The molecular formula is C25H22N2O4. The van der Waals surface area contributed by atoms with Crippen molar-refractivity contribution in [3.8, 4) is 5.75 Å². The van der Waals surface area contributed by atoms with Crippen LogP contribution in [0, 0.1) is 13.8 Å². The summed E-state index contributed by atoms with van der Waals surface area (Å²) < 4.78 is 0. The van der Waals surface area contributed by atoms with Gasteiger partial charge in [-0.3, -0.25) is 14.6 Å². The Morgan fingerprint density at radius 1 is 1.00 bits per heavy atom. The van der Waals surface area contributed by atoms with Crippen LogP contribution in [0.3, 0.4) is 0 Å². The number of likely N-dealkylation sites (tertiary alicyclic amines) is 1. The van der Waals surface area contributed by atoms with Crippen LogP contribution >= 0.6 is 0 Å². The minimum atomic E-state index is -0.832. The number of aromatic hydroxyl groups is 1. The smallest absolute Gasteiger partial charge is 0.295 e. The van der Waals surface area contributed by atoms with Gasteiger partial charge in [0.15, 0.2) is 0 Å². The lowest BCUT2D eigenvalue weighted by Gasteiger charge is -2.25. The molecule has 1 aliphatic rings. The van der Waals surface area contributed by atoms with Crippen molar-refractivity contribution in [2.24, 2.45) is 0 Å². The lowest BCUT2D eigenvalue weighted by atomic mass is 9.94. The molecule has 2 N–H and O–H groups in total. The van der Waals surface area contributed by atoms with E-state index in [1.54, 1.807) is 48.8 Å². The maximum Gasteiger partial charge on any atom is 0.295 e. The molecule has 2 aromatic carbocycles. The van der Waals surface area contributed by atoms with Gasteiger partial charge in [0, 0.05) is 24.5 Å². The Labute approximate surface area is 180 Å². The predicted molar refractivity (Wildman–Crippen MR) is 116 cm³/mol. The van der Waals surface area contributed by atoms with Gasteiger partial charge >= 0.3 is 0 Å². The number of Topliss-reactive ketones (excluding diaryl/α,β-unsaturated/α-hetero) is 1. The summed E-state index contributed by atoms with van der Waals surface area (Å²) in [7, 11) is 0. The van der Waals surface area contributed by atoms with Crippen LogP contribution in [0.4, 0.5) is 0 Å². The summed E-state index contributed by atoms with van der Waals surface area (Å²) in [5.41, 5.74) is 3.83. The molecule has 1 fully saturated rings. The van der Waals surface area contributed by atoms with Gasteiger partial charge in [-0.15, -0.1) is 0 Å². The number of aliphatic hydroxyl groups excluding tert-OH is 1. The molecule has 4 rings (SSSR count). The number of phenolic OH excluding ortho intramolecular Hbond substituents is 1. The second-order valence-corrected chi connectivity index (χ2v) is 7.68. The van der Waals surface area contributed by atoms with Crippen LogP contribution in [0.15, 0.2) is 72.6 Å². The van der Waals surface area contributed by atoms with Gasteiger partial charge in [-0.25, -0.2) is 0 Å². The first-order valence-corrected chi connectivity index (χ1v) is 9.90. The molecule has 1 aliphatic heterocycles. The zero-order valence-electron chi connectivity index (χ0n) is 17.2. The fourth-order valence-electron chi connectivity index (χ4n) is 3.81. The summed E-state index contributed by atoms with van der Waals surface area (Å²) in [4.78, 5) is 31.5. The summed E-state index contributed by atoms with van der Waals surface area (Å²) in [5.74, 6) is -1.67. The van der Waals surface area contributed by atoms with Crippen molar-refractivity contribution in [3.63, 3.8) is 0 Å². The number of aryl methyl sites for hydroxylation is 2.